The van der Waals surface area contributed by atoms with Gasteiger partial charge in [-0.15, -0.1) is 0 Å². The average molecular weight is 243 g/mol. The normalized spacial score (nSPS) is 10.7. The molecular formula is C15H17NO2. The van der Waals surface area contributed by atoms with E-state index < -0.39 is 0 Å². The van der Waals surface area contributed by atoms with E-state index in [0.29, 0.717) is 11.7 Å². The molecule has 0 bridgehead atoms. The van der Waals surface area contributed by atoms with Crippen molar-refractivity contribution >= 4 is 11.6 Å². The van der Waals surface area contributed by atoms with Crippen LogP contribution in [-0.4, -0.2) is 5.91 Å². The van der Waals surface area contributed by atoms with Gasteiger partial charge in [0.2, 0.25) is 0 Å². The van der Waals surface area contributed by atoms with Crippen molar-refractivity contribution in [2.75, 3.05) is 5.32 Å². The summed E-state index contributed by atoms with van der Waals surface area (Å²) in [7, 11) is 0. The van der Waals surface area contributed by atoms with E-state index in [1.54, 1.807) is 12.1 Å². The van der Waals surface area contributed by atoms with Gasteiger partial charge in [-0.3, -0.25) is 4.79 Å². The van der Waals surface area contributed by atoms with Crippen LogP contribution in [-0.2, 0) is 0 Å². The first-order valence-corrected chi connectivity index (χ1v) is 6.04. The van der Waals surface area contributed by atoms with Crippen LogP contribution >= 0.6 is 0 Å². The first-order valence-electron chi connectivity index (χ1n) is 6.04. The van der Waals surface area contributed by atoms with E-state index in [0.717, 1.165) is 11.4 Å². The molecule has 94 valence electrons. The first kappa shape index (κ1) is 12.4. The van der Waals surface area contributed by atoms with Gasteiger partial charge in [0.05, 0.1) is 0 Å². The smallest absolute Gasteiger partial charge is 0.291 e. The summed E-state index contributed by atoms with van der Waals surface area (Å²) in [6.45, 7) is 6.06. The highest BCUT2D eigenvalue weighted by molar-refractivity contribution is 6.02. The van der Waals surface area contributed by atoms with E-state index in [1.165, 1.54) is 5.56 Å². The lowest BCUT2D eigenvalue weighted by Gasteiger charge is -2.08. The molecule has 2 aromatic rings. The summed E-state index contributed by atoms with van der Waals surface area (Å²) in [6.07, 6.45) is 0. The van der Waals surface area contributed by atoms with Crippen molar-refractivity contribution in [1.82, 2.24) is 0 Å². The molecule has 18 heavy (non-hydrogen) atoms. The fourth-order valence-electron chi connectivity index (χ4n) is 1.72. The molecule has 0 aliphatic rings. The summed E-state index contributed by atoms with van der Waals surface area (Å²) in [4.78, 5) is 11.9. The number of amides is 1. The molecular weight excluding hydrogens is 226 g/mol. The number of hydrogen-bond donors (Lipinski definition) is 1. The van der Waals surface area contributed by atoms with Crippen molar-refractivity contribution in [3.05, 3.63) is 53.5 Å². The lowest BCUT2D eigenvalue weighted by Crippen LogP contribution is -2.11. The molecule has 1 aromatic heterocycles. The van der Waals surface area contributed by atoms with E-state index >= 15 is 0 Å². The molecule has 1 amide bonds. The Morgan fingerprint density at radius 3 is 2.61 bits per heavy atom. The van der Waals surface area contributed by atoms with Crippen LogP contribution in [0.15, 0.2) is 40.8 Å². The van der Waals surface area contributed by atoms with E-state index in [4.69, 9.17) is 4.42 Å². The van der Waals surface area contributed by atoms with Gasteiger partial charge in [0.25, 0.3) is 5.91 Å². The number of benzene rings is 1. The van der Waals surface area contributed by atoms with Gasteiger partial charge in [0, 0.05) is 5.69 Å². The number of anilines is 1. The molecule has 0 atom stereocenters. The van der Waals surface area contributed by atoms with E-state index in [1.807, 2.05) is 25.1 Å². The quantitative estimate of drug-likeness (QED) is 0.886. The van der Waals surface area contributed by atoms with Crippen molar-refractivity contribution in [1.29, 1.82) is 0 Å². The minimum absolute atomic E-state index is 0.219. The Bertz CT molecular complexity index is 555. The number of carbonyl (C=O) groups excluding carboxylic acids is 1. The predicted octanol–water partition coefficient (Wildman–Crippen LogP) is 3.96. The molecule has 0 aliphatic heterocycles. The zero-order valence-corrected chi connectivity index (χ0v) is 10.9. The number of hydrogen-bond acceptors (Lipinski definition) is 2. The summed E-state index contributed by atoms with van der Waals surface area (Å²) in [5, 5.41) is 2.83. The van der Waals surface area contributed by atoms with Crippen LogP contribution in [0.2, 0.25) is 0 Å². The number of aryl methyl sites for hydroxylation is 1. The topological polar surface area (TPSA) is 42.2 Å². The molecule has 0 saturated carbocycles. The fourth-order valence-corrected chi connectivity index (χ4v) is 1.72. The minimum atomic E-state index is -0.219. The minimum Gasteiger partial charge on any atom is -0.456 e. The van der Waals surface area contributed by atoms with Crippen LogP contribution in [0.25, 0.3) is 0 Å². The lowest BCUT2D eigenvalue weighted by molar-refractivity contribution is 0.0995. The molecule has 0 spiro atoms. The van der Waals surface area contributed by atoms with E-state index in [2.05, 4.69) is 25.2 Å². The van der Waals surface area contributed by atoms with E-state index in [9.17, 15) is 4.79 Å². The van der Waals surface area contributed by atoms with Crippen molar-refractivity contribution in [2.24, 2.45) is 0 Å². The van der Waals surface area contributed by atoms with Gasteiger partial charge in [-0.2, -0.15) is 0 Å². The van der Waals surface area contributed by atoms with Crippen LogP contribution in [0.3, 0.4) is 0 Å². The van der Waals surface area contributed by atoms with Crippen LogP contribution in [0.5, 0.6) is 0 Å². The van der Waals surface area contributed by atoms with Crippen molar-refractivity contribution in [2.45, 2.75) is 26.7 Å². The number of furan rings is 1. The second-order valence-electron chi connectivity index (χ2n) is 4.64. The van der Waals surface area contributed by atoms with Crippen molar-refractivity contribution < 1.29 is 9.21 Å². The molecule has 0 aliphatic carbocycles. The Morgan fingerprint density at radius 1 is 1.22 bits per heavy atom. The van der Waals surface area contributed by atoms with Crippen LogP contribution < -0.4 is 5.32 Å². The van der Waals surface area contributed by atoms with Gasteiger partial charge in [-0.05, 0) is 42.7 Å². The summed E-state index contributed by atoms with van der Waals surface area (Å²) >= 11 is 0. The SMILES string of the molecule is Cc1ccc(C(=O)Nc2cccc(C(C)C)c2)o1. The maximum atomic E-state index is 11.9. The zero-order valence-electron chi connectivity index (χ0n) is 10.9. The van der Waals surface area contributed by atoms with Gasteiger partial charge >= 0.3 is 0 Å². The Labute approximate surface area is 107 Å². The Kier molecular flexibility index (Phi) is 3.51. The molecule has 1 aromatic carbocycles. The number of nitrogens with one attached hydrogen (secondary N) is 1. The first-order chi connectivity index (χ1) is 8.56. The third-order valence-corrected chi connectivity index (χ3v) is 2.78. The fraction of sp³-hybridized carbons (Fsp3) is 0.267. The summed E-state index contributed by atoms with van der Waals surface area (Å²) < 4.78 is 5.28. The summed E-state index contributed by atoms with van der Waals surface area (Å²) in [5.41, 5.74) is 1.99. The lowest BCUT2D eigenvalue weighted by atomic mass is 10.0. The highest BCUT2D eigenvalue weighted by Gasteiger charge is 2.10. The molecule has 0 fully saturated rings. The standard InChI is InChI=1S/C15H17NO2/c1-10(2)12-5-4-6-13(9-12)16-15(17)14-8-7-11(3)18-14/h4-10H,1-3H3,(H,16,17). The molecule has 3 nitrogen and oxygen atoms in total. The van der Waals surface area contributed by atoms with Crippen LogP contribution in [0.1, 0.15) is 41.6 Å². The maximum Gasteiger partial charge on any atom is 0.291 e. The zero-order chi connectivity index (χ0) is 13.1. The molecule has 2 rings (SSSR count). The Morgan fingerprint density at radius 2 is 2.00 bits per heavy atom. The second-order valence-corrected chi connectivity index (χ2v) is 4.64. The summed E-state index contributed by atoms with van der Waals surface area (Å²) in [5.74, 6) is 1.29. The molecule has 0 unspecified atom stereocenters. The average Bonchev–Trinajstić information content (AvgIpc) is 2.76. The van der Waals surface area contributed by atoms with Gasteiger partial charge in [-0.25, -0.2) is 0 Å². The largest absolute Gasteiger partial charge is 0.456 e. The molecule has 0 radical (unpaired) electrons. The number of rotatable bonds is 3. The van der Waals surface area contributed by atoms with E-state index in [-0.39, 0.29) is 5.91 Å². The Hall–Kier alpha value is -2.03. The van der Waals surface area contributed by atoms with Gasteiger partial charge in [0.1, 0.15) is 5.76 Å². The summed E-state index contributed by atoms with van der Waals surface area (Å²) in [6, 6.07) is 11.3. The molecule has 1 heterocycles. The van der Waals surface area contributed by atoms with Crippen molar-refractivity contribution in [3.63, 3.8) is 0 Å². The van der Waals surface area contributed by atoms with Gasteiger partial charge in [0.15, 0.2) is 5.76 Å². The number of carbonyl (C=O) groups is 1. The van der Waals surface area contributed by atoms with Gasteiger partial charge < -0.3 is 9.73 Å². The molecule has 0 saturated heterocycles. The third kappa shape index (κ3) is 2.80. The van der Waals surface area contributed by atoms with Crippen molar-refractivity contribution in [3.8, 4) is 0 Å². The predicted molar refractivity (Wildman–Crippen MR) is 71.9 cm³/mol. The highest BCUT2D eigenvalue weighted by Crippen LogP contribution is 2.19. The monoisotopic (exact) mass is 243 g/mol. The Balaban J connectivity index is 2.14. The van der Waals surface area contributed by atoms with Gasteiger partial charge in [-0.1, -0.05) is 26.0 Å². The van der Waals surface area contributed by atoms with Crippen LogP contribution in [0.4, 0.5) is 5.69 Å². The molecule has 1 N–H and O–H groups in total. The molecule has 3 heteroatoms. The maximum absolute atomic E-state index is 11.9. The highest BCUT2D eigenvalue weighted by atomic mass is 16.3. The third-order valence-electron chi connectivity index (χ3n) is 2.78. The second kappa shape index (κ2) is 5.08. The van der Waals surface area contributed by atoms with Crippen LogP contribution in [0, 0.1) is 6.92 Å².